The number of hydrogen-bond acceptors (Lipinski definition) is 4. The molecule has 1 aromatic carbocycles. The lowest BCUT2D eigenvalue weighted by atomic mass is 10.2. The summed E-state index contributed by atoms with van der Waals surface area (Å²) >= 11 is 1.89. The van der Waals surface area contributed by atoms with Crippen LogP contribution < -0.4 is 10.1 Å². The van der Waals surface area contributed by atoms with Gasteiger partial charge in [-0.05, 0) is 43.0 Å². The lowest BCUT2D eigenvalue weighted by molar-refractivity contribution is 0.415. The van der Waals surface area contributed by atoms with Crippen molar-refractivity contribution in [2.24, 2.45) is 0 Å². The molecule has 3 nitrogen and oxygen atoms in total. The number of anilines is 1. The number of nitrogens with one attached hydrogen (secondary N) is 1. The van der Waals surface area contributed by atoms with Crippen LogP contribution in [0.25, 0.3) is 0 Å². The second-order valence-electron chi connectivity index (χ2n) is 4.89. The Kier molecular flexibility index (Phi) is 3.62. The molecule has 1 aliphatic rings. The minimum atomic E-state index is 0.648. The molecule has 0 spiro atoms. The summed E-state index contributed by atoms with van der Waals surface area (Å²) in [5.41, 5.74) is 2.99. The van der Waals surface area contributed by atoms with Gasteiger partial charge in [-0.2, -0.15) is 5.26 Å². The van der Waals surface area contributed by atoms with Crippen molar-refractivity contribution in [1.82, 2.24) is 0 Å². The lowest BCUT2D eigenvalue weighted by Crippen LogP contribution is -2.00. The van der Waals surface area contributed by atoms with E-state index >= 15 is 0 Å². The highest BCUT2D eigenvalue weighted by Crippen LogP contribution is 2.31. The third-order valence-corrected chi connectivity index (χ3v) is 4.83. The zero-order valence-corrected chi connectivity index (χ0v) is 12.2. The number of nitriles is 1. The largest absolute Gasteiger partial charge is 0.497 e. The Balaban J connectivity index is 1.75. The second kappa shape index (κ2) is 5.56. The summed E-state index contributed by atoms with van der Waals surface area (Å²) in [7, 11) is 1.63. The first-order valence-electron chi connectivity index (χ1n) is 6.72. The van der Waals surface area contributed by atoms with Crippen molar-refractivity contribution >= 4 is 17.0 Å². The van der Waals surface area contributed by atoms with Gasteiger partial charge in [0.2, 0.25) is 0 Å². The van der Waals surface area contributed by atoms with E-state index in [0.717, 1.165) is 18.0 Å². The van der Waals surface area contributed by atoms with Gasteiger partial charge in [0.05, 0.1) is 18.4 Å². The minimum Gasteiger partial charge on any atom is -0.497 e. The molecule has 0 unspecified atom stereocenters. The Morgan fingerprint density at radius 1 is 1.35 bits per heavy atom. The molecule has 1 N–H and O–H groups in total. The van der Waals surface area contributed by atoms with Crippen LogP contribution in [0.1, 0.15) is 27.3 Å². The zero-order valence-electron chi connectivity index (χ0n) is 11.4. The van der Waals surface area contributed by atoms with Crippen molar-refractivity contribution in [3.8, 4) is 11.8 Å². The van der Waals surface area contributed by atoms with E-state index in [1.165, 1.54) is 34.6 Å². The molecule has 0 amide bonds. The maximum atomic E-state index is 9.15. The molecule has 102 valence electrons. The van der Waals surface area contributed by atoms with Crippen LogP contribution in [0.15, 0.2) is 24.3 Å². The van der Waals surface area contributed by atoms with Crippen molar-refractivity contribution < 1.29 is 4.74 Å². The molecule has 0 aliphatic heterocycles. The maximum Gasteiger partial charge on any atom is 0.121 e. The van der Waals surface area contributed by atoms with Crippen molar-refractivity contribution in [3.63, 3.8) is 0 Å². The van der Waals surface area contributed by atoms with Gasteiger partial charge in [0, 0.05) is 22.4 Å². The maximum absolute atomic E-state index is 9.15. The van der Waals surface area contributed by atoms with E-state index in [0.29, 0.717) is 5.56 Å². The van der Waals surface area contributed by atoms with Crippen LogP contribution in [0.4, 0.5) is 5.69 Å². The summed E-state index contributed by atoms with van der Waals surface area (Å²) < 4.78 is 5.21. The van der Waals surface area contributed by atoms with Crippen LogP contribution in [-0.4, -0.2) is 7.11 Å². The summed E-state index contributed by atoms with van der Waals surface area (Å²) in [5, 5.41) is 12.5. The predicted octanol–water partition coefficient (Wildman–Crippen LogP) is 3.73. The smallest absolute Gasteiger partial charge is 0.121 e. The Labute approximate surface area is 122 Å². The van der Waals surface area contributed by atoms with E-state index in [1.807, 2.05) is 23.5 Å². The van der Waals surface area contributed by atoms with Crippen LogP contribution >= 0.6 is 11.3 Å². The van der Waals surface area contributed by atoms with Gasteiger partial charge in [-0.15, -0.1) is 11.3 Å². The van der Waals surface area contributed by atoms with Gasteiger partial charge in [0.1, 0.15) is 11.8 Å². The highest BCUT2D eigenvalue weighted by molar-refractivity contribution is 7.12. The molecule has 0 bridgehead atoms. The fourth-order valence-electron chi connectivity index (χ4n) is 2.55. The van der Waals surface area contributed by atoms with Gasteiger partial charge in [0.25, 0.3) is 0 Å². The molecule has 0 fully saturated rings. The fourth-order valence-corrected chi connectivity index (χ4v) is 3.75. The summed E-state index contributed by atoms with van der Waals surface area (Å²) in [6.45, 7) is 0.763. The van der Waals surface area contributed by atoms with Gasteiger partial charge >= 0.3 is 0 Å². The average Bonchev–Trinajstić information content (AvgIpc) is 3.05. The van der Waals surface area contributed by atoms with Crippen LogP contribution in [0.2, 0.25) is 0 Å². The first-order valence-corrected chi connectivity index (χ1v) is 7.54. The topological polar surface area (TPSA) is 45.0 Å². The molecule has 1 aliphatic carbocycles. The van der Waals surface area contributed by atoms with Gasteiger partial charge < -0.3 is 10.1 Å². The summed E-state index contributed by atoms with van der Waals surface area (Å²) in [6.07, 6.45) is 3.74. The number of aryl methyl sites for hydroxylation is 2. The Hall–Kier alpha value is -1.99. The number of thiophene rings is 1. The molecule has 0 atom stereocenters. The van der Waals surface area contributed by atoms with Crippen molar-refractivity contribution in [2.45, 2.75) is 25.8 Å². The Morgan fingerprint density at radius 3 is 3.00 bits per heavy atom. The second-order valence-corrected chi connectivity index (χ2v) is 6.11. The van der Waals surface area contributed by atoms with Gasteiger partial charge in [-0.25, -0.2) is 0 Å². The van der Waals surface area contributed by atoms with Crippen molar-refractivity contribution in [3.05, 3.63) is 45.1 Å². The monoisotopic (exact) mass is 284 g/mol. The average molecular weight is 284 g/mol. The van der Waals surface area contributed by atoms with E-state index in [9.17, 15) is 0 Å². The predicted molar refractivity (Wildman–Crippen MR) is 81.4 cm³/mol. The van der Waals surface area contributed by atoms with Crippen LogP contribution in [0.3, 0.4) is 0 Å². The van der Waals surface area contributed by atoms with E-state index in [-0.39, 0.29) is 0 Å². The number of fused-ring (bicyclic) bond motifs is 1. The molecule has 3 rings (SSSR count). The van der Waals surface area contributed by atoms with Gasteiger partial charge in [-0.3, -0.25) is 0 Å². The van der Waals surface area contributed by atoms with Gasteiger partial charge in [0.15, 0.2) is 0 Å². The van der Waals surface area contributed by atoms with Crippen LogP contribution in [0, 0.1) is 11.3 Å². The molecular weight excluding hydrogens is 268 g/mol. The van der Waals surface area contributed by atoms with E-state index in [4.69, 9.17) is 10.00 Å². The van der Waals surface area contributed by atoms with Crippen LogP contribution in [-0.2, 0) is 19.4 Å². The van der Waals surface area contributed by atoms with Crippen LogP contribution in [0.5, 0.6) is 5.75 Å². The molecule has 0 saturated carbocycles. The number of hydrogen-bond donors (Lipinski definition) is 1. The normalized spacial score (nSPS) is 12.8. The first kappa shape index (κ1) is 13.0. The Morgan fingerprint density at radius 2 is 2.25 bits per heavy atom. The summed E-state index contributed by atoms with van der Waals surface area (Å²) in [6, 6.07) is 9.98. The Bertz CT molecular complexity index is 648. The third kappa shape index (κ3) is 2.50. The highest BCUT2D eigenvalue weighted by atomic mass is 32.1. The highest BCUT2D eigenvalue weighted by Gasteiger charge is 2.14. The van der Waals surface area contributed by atoms with E-state index in [2.05, 4.69) is 17.5 Å². The molecule has 2 aromatic rings. The molecule has 20 heavy (non-hydrogen) atoms. The molecule has 4 heteroatoms. The minimum absolute atomic E-state index is 0.648. The van der Waals surface area contributed by atoms with Crippen molar-refractivity contribution in [1.29, 1.82) is 5.26 Å². The summed E-state index contributed by atoms with van der Waals surface area (Å²) in [4.78, 5) is 2.87. The first-order chi connectivity index (χ1) is 9.80. The van der Waals surface area contributed by atoms with E-state index in [1.54, 1.807) is 13.2 Å². The molecule has 0 saturated heterocycles. The molecule has 1 aromatic heterocycles. The van der Waals surface area contributed by atoms with Gasteiger partial charge in [-0.1, -0.05) is 0 Å². The lowest BCUT2D eigenvalue weighted by Gasteiger charge is -2.09. The SMILES string of the molecule is COc1ccc(C#N)c(NCc2cc3c(s2)CCC3)c1. The number of methoxy groups -OCH3 is 1. The third-order valence-electron chi connectivity index (χ3n) is 3.60. The molecular formula is C16H16N2OS. The number of nitrogens with zero attached hydrogens (tertiary/aromatic N) is 1. The number of ether oxygens (including phenoxy) is 1. The number of rotatable bonds is 4. The number of benzene rings is 1. The zero-order chi connectivity index (χ0) is 13.9. The quantitative estimate of drug-likeness (QED) is 0.930. The molecule has 1 heterocycles. The fraction of sp³-hybridized carbons (Fsp3) is 0.312. The van der Waals surface area contributed by atoms with Crippen molar-refractivity contribution in [2.75, 3.05) is 12.4 Å². The standard InChI is InChI=1S/C16H16N2OS/c1-19-13-6-5-12(9-17)15(8-13)18-10-14-7-11-3-2-4-16(11)20-14/h5-8,18H,2-4,10H2,1H3. The summed E-state index contributed by atoms with van der Waals surface area (Å²) in [5.74, 6) is 0.764. The molecule has 0 radical (unpaired) electrons. The van der Waals surface area contributed by atoms with E-state index < -0.39 is 0 Å².